The highest BCUT2D eigenvalue weighted by Gasteiger charge is 2.26. The molecule has 0 aliphatic heterocycles. The van der Waals surface area contributed by atoms with Crippen LogP contribution in [0.1, 0.15) is 34.1 Å². The van der Waals surface area contributed by atoms with Gasteiger partial charge >= 0.3 is 0 Å². The molecule has 0 aromatic rings. The summed E-state index contributed by atoms with van der Waals surface area (Å²) in [4.78, 5) is 24.5. The topological polar surface area (TPSA) is 37.4 Å². The Hall–Kier alpha value is -0.510. The standard InChI is InChI=1S/C11H21NO2S/c1-8(9(2)13)12(5)10(14)7-11(3,4)15-6/h8H,7H2,1-6H3. The van der Waals surface area contributed by atoms with Crippen molar-refractivity contribution >= 4 is 23.5 Å². The molecule has 15 heavy (non-hydrogen) atoms. The molecule has 1 amide bonds. The summed E-state index contributed by atoms with van der Waals surface area (Å²) in [7, 11) is 1.69. The quantitative estimate of drug-likeness (QED) is 0.726. The van der Waals surface area contributed by atoms with Gasteiger partial charge in [0.05, 0.1) is 6.04 Å². The van der Waals surface area contributed by atoms with Crippen LogP contribution >= 0.6 is 11.8 Å². The number of carbonyl (C=O) groups excluding carboxylic acids is 2. The SMILES string of the molecule is CSC(C)(C)CC(=O)N(C)C(C)C(C)=O. The maximum Gasteiger partial charge on any atom is 0.224 e. The third-order valence-electron chi connectivity index (χ3n) is 2.69. The smallest absolute Gasteiger partial charge is 0.224 e. The van der Waals surface area contributed by atoms with Gasteiger partial charge in [0.15, 0.2) is 5.78 Å². The van der Waals surface area contributed by atoms with Crippen molar-refractivity contribution in [1.82, 2.24) is 4.90 Å². The van der Waals surface area contributed by atoms with Gasteiger partial charge in [0, 0.05) is 18.2 Å². The molecule has 4 heteroatoms. The highest BCUT2D eigenvalue weighted by Crippen LogP contribution is 2.26. The number of nitrogens with zero attached hydrogens (tertiary/aromatic N) is 1. The highest BCUT2D eigenvalue weighted by molar-refractivity contribution is 7.99. The summed E-state index contributed by atoms with van der Waals surface area (Å²) in [6, 6.07) is -0.324. The zero-order valence-corrected chi connectivity index (χ0v) is 11.3. The molecule has 1 atom stereocenters. The van der Waals surface area contributed by atoms with E-state index in [1.54, 1.807) is 25.7 Å². The van der Waals surface area contributed by atoms with E-state index in [0.29, 0.717) is 6.42 Å². The van der Waals surface area contributed by atoms with Crippen LogP contribution in [-0.2, 0) is 9.59 Å². The summed E-state index contributed by atoms with van der Waals surface area (Å²) >= 11 is 1.66. The van der Waals surface area contributed by atoms with Gasteiger partial charge < -0.3 is 4.90 Å². The minimum atomic E-state index is -0.324. The molecule has 0 bridgehead atoms. The molecule has 0 aliphatic carbocycles. The first-order valence-corrected chi connectivity index (χ1v) is 6.25. The van der Waals surface area contributed by atoms with Crippen molar-refractivity contribution < 1.29 is 9.59 Å². The fourth-order valence-corrected chi connectivity index (χ4v) is 1.32. The van der Waals surface area contributed by atoms with Crippen molar-refractivity contribution in [1.29, 1.82) is 0 Å². The van der Waals surface area contributed by atoms with Crippen LogP contribution in [0.3, 0.4) is 0 Å². The monoisotopic (exact) mass is 231 g/mol. The van der Waals surface area contributed by atoms with E-state index in [2.05, 4.69) is 0 Å². The fraction of sp³-hybridized carbons (Fsp3) is 0.818. The number of thioether (sulfide) groups is 1. The molecule has 0 spiro atoms. The van der Waals surface area contributed by atoms with Crippen LogP contribution in [0.5, 0.6) is 0 Å². The van der Waals surface area contributed by atoms with Gasteiger partial charge in [-0.05, 0) is 20.1 Å². The Morgan fingerprint density at radius 1 is 1.40 bits per heavy atom. The van der Waals surface area contributed by atoms with Gasteiger partial charge in [0.2, 0.25) is 5.91 Å². The zero-order valence-electron chi connectivity index (χ0n) is 10.5. The van der Waals surface area contributed by atoms with Crippen molar-refractivity contribution in [2.45, 2.75) is 44.9 Å². The van der Waals surface area contributed by atoms with Crippen LogP contribution < -0.4 is 0 Å². The molecule has 0 saturated heterocycles. The van der Waals surface area contributed by atoms with Gasteiger partial charge in [-0.1, -0.05) is 13.8 Å². The number of hydrogen-bond acceptors (Lipinski definition) is 3. The Morgan fingerprint density at radius 2 is 1.87 bits per heavy atom. The second-order valence-electron chi connectivity index (χ2n) is 4.43. The molecule has 88 valence electrons. The molecule has 0 aromatic carbocycles. The summed E-state index contributed by atoms with van der Waals surface area (Å²) in [5, 5.41) is 0. The van der Waals surface area contributed by atoms with Crippen LogP contribution in [0.25, 0.3) is 0 Å². The molecule has 0 heterocycles. The number of hydrogen-bond donors (Lipinski definition) is 0. The predicted molar refractivity (Wildman–Crippen MR) is 65.1 cm³/mol. The van der Waals surface area contributed by atoms with Crippen molar-refractivity contribution in [2.75, 3.05) is 13.3 Å². The van der Waals surface area contributed by atoms with E-state index in [1.165, 1.54) is 11.8 Å². The van der Waals surface area contributed by atoms with Crippen molar-refractivity contribution in [3.63, 3.8) is 0 Å². The highest BCUT2D eigenvalue weighted by atomic mass is 32.2. The van der Waals surface area contributed by atoms with Crippen LogP contribution in [0.2, 0.25) is 0 Å². The fourth-order valence-electron chi connectivity index (χ4n) is 1.05. The van der Waals surface area contributed by atoms with Gasteiger partial charge in [0.25, 0.3) is 0 Å². The lowest BCUT2D eigenvalue weighted by atomic mass is 10.1. The van der Waals surface area contributed by atoms with E-state index in [9.17, 15) is 9.59 Å². The number of amides is 1. The van der Waals surface area contributed by atoms with Crippen molar-refractivity contribution in [3.05, 3.63) is 0 Å². The summed E-state index contributed by atoms with van der Waals surface area (Å²) in [5.74, 6) is 0.0462. The molecular weight excluding hydrogens is 210 g/mol. The van der Waals surface area contributed by atoms with Gasteiger partial charge in [-0.25, -0.2) is 0 Å². The molecular formula is C11H21NO2S. The first-order valence-electron chi connectivity index (χ1n) is 5.02. The lowest BCUT2D eigenvalue weighted by molar-refractivity contribution is -0.137. The lowest BCUT2D eigenvalue weighted by Gasteiger charge is -2.28. The molecule has 0 aliphatic rings. The van der Waals surface area contributed by atoms with Crippen molar-refractivity contribution in [2.24, 2.45) is 0 Å². The Kier molecular flexibility index (Phi) is 5.35. The first-order chi connectivity index (χ1) is 6.71. The third kappa shape index (κ3) is 4.69. The maximum atomic E-state index is 11.8. The number of carbonyl (C=O) groups is 2. The second-order valence-corrected chi connectivity index (χ2v) is 5.95. The third-order valence-corrected chi connectivity index (χ3v) is 3.94. The number of rotatable bonds is 5. The Morgan fingerprint density at radius 3 is 2.20 bits per heavy atom. The van der Waals surface area contributed by atoms with Gasteiger partial charge in [-0.2, -0.15) is 11.8 Å². The minimum Gasteiger partial charge on any atom is -0.336 e. The van der Waals surface area contributed by atoms with E-state index in [0.717, 1.165) is 0 Å². The molecule has 3 nitrogen and oxygen atoms in total. The molecule has 0 rings (SSSR count). The van der Waals surface area contributed by atoms with Crippen LogP contribution in [0.15, 0.2) is 0 Å². The molecule has 0 aromatic heterocycles. The average Bonchev–Trinajstić information content (AvgIpc) is 2.14. The summed E-state index contributed by atoms with van der Waals surface area (Å²) in [6.07, 6.45) is 2.45. The largest absolute Gasteiger partial charge is 0.336 e. The normalized spacial score (nSPS) is 13.5. The summed E-state index contributed by atoms with van der Waals surface area (Å²) < 4.78 is -0.0676. The minimum absolute atomic E-state index is 0.0211. The summed E-state index contributed by atoms with van der Waals surface area (Å²) in [6.45, 7) is 7.32. The Bertz CT molecular complexity index is 251. The molecule has 0 N–H and O–H groups in total. The predicted octanol–water partition coefficient (Wildman–Crippen LogP) is 1.95. The van der Waals surface area contributed by atoms with Crippen LogP contribution in [0, 0.1) is 0 Å². The van der Waals surface area contributed by atoms with Crippen LogP contribution in [-0.4, -0.2) is 40.7 Å². The van der Waals surface area contributed by atoms with E-state index in [1.807, 2.05) is 20.1 Å². The van der Waals surface area contributed by atoms with Gasteiger partial charge in [-0.3, -0.25) is 9.59 Å². The van der Waals surface area contributed by atoms with E-state index >= 15 is 0 Å². The van der Waals surface area contributed by atoms with E-state index in [4.69, 9.17) is 0 Å². The first kappa shape index (κ1) is 14.5. The van der Waals surface area contributed by atoms with Gasteiger partial charge in [-0.15, -0.1) is 0 Å². The number of ketones is 1. The van der Waals surface area contributed by atoms with Crippen LogP contribution in [0.4, 0.5) is 0 Å². The Balaban J connectivity index is 4.40. The summed E-state index contributed by atoms with van der Waals surface area (Å²) in [5.41, 5.74) is 0. The number of Topliss-reactive ketones (excluding diaryl/α,β-unsaturated/α-hetero) is 1. The number of likely N-dealkylation sites (N-methyl/N-ethyl adjacent to an activating group) is 1. The van der Waals surface area contributed by atoms with E-state index < -0.39 is 0 Å². The molecule has 0 fully saturated rings. The van der Waals surface area contributed by atoms with Gasteiger partial charge in [0.1, 0.15) is 0 Å². The maximum absolute atomic E-state index is 11.8. The second kappa shape index (κ2) is 5.54. The molecule has 0 saturated carbocycles. The molecule has 0 radical (unpaired) electrons. The van der Waals surface area contributed by atoms with E-state index in [-0.39, 0.29) is 22.5 Å². The Labute approximate surface area is 96.6 Å². The lowest BCUT2D eigenvalue weighted by Crippen LogP contribution is -2.41. The van der Waals surface area contributed by atoms with Crippen molar-refractivity contribution in [3.8, 4) is 0 Å². The molecule has 1 unspecified atom stereocenters. The zero-order chi connectivity index (χ0) is 12.2. The average molecular weight is 231 g/mol.